The van der Waals surface area contributed by atoms with E-state index < -0.39 is 0 Å². The van der Waals surface area contributed by atoms with E-state index in [0.29, 0.717) is 0 Å². The molecule has 0 aliphatic rings. The van der Waals surface area contributed by atoms with Gasteiger partial charge in [-0.3, -0.25) is 9.67 Å². The summed E-state index contributed by atoms with van der Waals surface area (Å²) in [5.41, 5.74) is 6.82. The number of aryl methyl sites for hydroxylation is 2. The highest BCUT2D eigenvalue weighted by molar-refractivity contribution is 5.88. The smallest absolute Gasteiger partial charge is 0.0780 e. The van der Waals surface area contributed by atoms with Gasteiger partial charge in [0.2, 0.25) is 0 Å². The standard InChI is InChI=1S/C20H17N3/c1-14-5-3-6-16(11-14)20-18(7-4-10-21-20)15-8-9-17-13-22-23(2)19(17)12-15/h3-13H,1-2H3. The van der Waals surface area contributed by atoms with Gasteiger partial charge in [0.15, 0.2) is 0 Å². The van der Waals surface area contributed by atoms with Crippen LogP contribution in [0.1, 0.15) is 5.56 Å². The van der Waals surface area contributed by atoms with Crippen molar-refractivity contribution in [3.8, 4) is 22.4 Å². The summed E-state index contributed by atoms with van der Waals surface area (Å²) in [6.45, 7) is 2.10. The van der Waals surface area contributed by atoms with E-state index in [0.717, 1.165) is 33.3 Å². The van der Waals surface area contributed by atoms with Crippen LogP contribution < -0.4 is 0 Å². The Morgan fingerprint density at radius 3 is 2.70 bits per heavy atom. The van der Waals surface area contributed by atoms with Crippen molar-refractivity contribution in [3.05, 3.63) is 72.6 Å². The molecule has 0 saturated heterocycles. The van der Waals surface area contributed by atoms with E-state index in [1.54, 1.807) is 0 Å². The summed E-state index contributed by atoms with van der Waals surface area (Å²) < 4.78 is 1.90. The second kappa shape index (κ2) is 5.36. The summed E-state index contributed by atoms with van der Waals surface area (Å²) in [5, 5.41) is 5.47. The minimum absolute atomic E-state index is 1.01. The summed E-state index contributed by atoms with van der Waals surface area (Å²) in [6, 6.07) is 19.0. The Morgan fingerprint density at radius 1 is 0.913 bits per heavy atom. The van der Waals surface area contributed by atoms with Gasteiger partial charge in [-0.2, -0.15) is 5.10 Å². The van der Waals surface area contributed by atoms with E-state index in [1.807, 2.05) is 30.2 Å². The second-order valence-corrected chi connectivity index (χ2v) is 5.81. The number of nitrogens with zero attached hydrogens (tertiary/aromatic N) is 3. The number of benzene rings is 2. The first-order valence-electron chi connectivity index (χ1n) is 7.66. The molecule has 4 rings (SSSR count). The third-order valence-electron chi connectivity index (χ3n) is 4.16. The van der Waals surface area contributed by atoms with Gasteiger partial charge in [-0.25, -0.2) is 0 Å². The quantitative estimate of drug-likeness (QED) is 0.541. The molecule has 2 aromatic carbocycles. The van der Waals surface area contributed by atoms with Gasteiger partial charge in [-0.05, 0) is 30.7 Å². The van der Waals surface area contributed by atoms with Crippen LogP contribution in [-0.2, 0) is 7.05 Å². The van der Waals surface area contributed by atoms with E-state index in [9.17, 15) is 0 Å². The average molecular weight is 299 g/mol. The molecule has 0 spiro atoms. The Balaban J connectivity index is 1.93. The van der Waals surface area contributed by atoms with Crippen LogP contribution in [0.25, 0.3) is 33.3 Å². The number of fused-ring (bicyclic) bond motifs is 1. The van der Waals surface area contributed by atoms with Gasteiger partial charge in [0.05, 0.1) is 17.4 Å². The zero-order valence-corrected chi connectivity index (χ0v) is 13.2. The topological polar surface area (TPSA) is 30.7 Å². The van der Waals surface area contributed by atoms with Crippen molar-refractivity contribution in [3.63, 3.8) is 0 Å². The summed E-state index contributed by atoms with van der Waals surface area (Å²) in [6.07, 6.45) is 3.74. The van der Waals surface area contributed by atoms with Crippen molar-refractivity contribution >= 4 is 10.9 Å². The average Bonchev–Trinajstić information content (AvgIpc) is 2.95. The molecule has 0 atom stereocenters. The molecule has 3 heteroatoms. The first-order chi connectivity index (χ1) is 11.2. The molecule has 0 amide bonds. The number of hydrogen-bond acceptors (Lipinski definition) is 2. The van der Waals surface area contributed by atoms with Gasteiger partial charge in [-0.1, -0.05) is 42.0 Å². The van der Waals surface area contributed by atoms with E-state index in [2.05, 4.69) is 65.5 Å². The number of rotatable bonds is 2. The van der Waals surface area contributed by atoms with Gasteiger partial charge in [0, 0.05) is 29.8 Å². The Kier molecular flexibility index (Phi) is 3.19. The lowest BCUT2D eigenvalue weighted by molar-refractivity contribution is 0.797. The van der Waals surface area contributed by atoms with E-state index in [-0.39, 0.29) is 0 Å². The highest BCUT2D eigenvalue weighted by Crippen LogP contribution is 2.32. The molecule has 0 aliphatic heterocycles. The van der Waals surface area contributed by atoms with E-state index in [1.165, 1.54) is 5.56 Å². The van der Waals surface area contributed by atoms with Crippen LogP contribution in [0.5, 0.6) is 0 Å². The SMILES string of the molecule is Cc1cccc(-c2ncccc2-c2ccc3cnn(C)c3c2)c1. The molecule has 0 unspecified atom stereocenters. The molecular formula is C20H17N3. The second-order valence-electron chi connectivity index (χ2n) is 5.81. The number of hydrogen-bond donors (Lipinski definition) is 0. The summed E-state index contributed by atoms with van der Waals surface area (Å²) in [7, 11) is 1.97. The highest BCUT2D eigenvalue weighted by atomic mass is 15.2. The lowest BCUT2D eigenvalue weighted by Crippen LogP contribution is -1.91. The third-order valence-corrected chi connectivity index (χ3v) is 4.16. The van der Waals surface area contributed by atoms with Crippen molar-refractivity contribution in [2.24, 2.45) is 7.05 Å². The fraction of sp³-hybridized carbons (Fsp3) is 0.100. The maximum absolute atomic E-state index is 4.63. The first-order valence-corrected chi connectivity index (χ1v) is 7.66. The summed E-state index contributed by atoms with van der Waals surface area (Å²) in [4.78, 5) is 4.63. The van der Waals surface area contributed by atoms with Crippen molar-refractivity contribution in [1.82, 2.24) is 14.8 Å². The van der Waals surface area contributed by atoms with Crippen molar-refractivity contribution in [1.29, 1.82) is 0 Å². The van der Waals surface area contributed by atoms with Gasteiger partial charge >= 0.3 is 0 Å². The maximum Gasteiger partial charge on any atom is 0.0780 e. The van der Waals surface area contributed by atoms with Crippen LogP contribution in [0, 0.1) is 6.92 Å². The molecule has 2 aromatic heterocycles. The highest BCUT2D eigenvalue weighted by Gasteiger charge is 2.10. The Hall–Kier alpha value is -2.94. The van der Waals surface area contributed by atoms with Crippen molar-refractivity contribution < 1.29 is 0 Å². The third kappa shape index (κ3) is 2.40. The van der Waals surface area contributed by atoms with E-state index in [4.69, 9.17) is 0 Å². The Labute approximate surface area is 135 Å². The molecule has 0 N–H and O–H groups in total. The zero-order chi connectivity index (χ0) is 15.8. The lowest BCUT2D eigenvalue weighted by Gasteiger charge is -2.10. The molecule has 0 bridgehead atoms. The van der Waals surface area contributed by atoms with Gasteiger partial charge in [-0.15, -0.1) is 0 Å². The van der Waals surface area contributed by atoms with Crippen LogP contribution in [0.3, 0.4) is 0 Å². The van der Waals surface area contributed by atoms with Crippen molar-refractivity contribution in [2.45, 2.75) is 6.92 Å². The first kappa shape index (κ1) is 13.7. The minimum Gasteiger partial charge on any atom is -0.268 e. The molecule has 0 fully saturated rings. The maximum atomic E-state index is 4.63. The normalized spacial score (nSPS) is 11.0. The van der Waals surface area contributed by atoms with Crippen LogP contribution in [0.15, 0.2) is 67.0 Å². The molecule has 23 heavy (non-hydrogen) atoms. The van der Waals surface area contributed by atoms with Gasteiger partial charge in [0.25, 0.3) is 0 Å². The summed E-state index contributed by atoms with van der Waals surface area (Å²) >= 11 is 0. The zero-order valence-electron chi connectivity index (χ0n) is 13.2. The molecule has 0 saturated carbocycles. The molecule has 112 valence electrons. The monoisotopic (exact) mass is 299 g/mol. The Bertz CT molecular complexity index is 999. The van der Waals surface area contributed by atoms with Gasteiger partial charge < -0.3 is 0 Å². The van der Waals surface area contributed by atoms with Crippen LogP contribution >= 0.6 is 0 Å². The molecule has 0 aliphatic carbocycles. The van der Waals surface area contributed by atoms with Crippen LogP contribution in [-0.4, -0.2) is 14.8 Å². The molecular weight excluding hydrogens is 282 g/mol. The predicted octanol–water partition coefficient (Wildman–Crippen LogP) is 4.61. The van der Waals surface area contributed by atoms with Crippen molar-refractivity contribution in [2.75, 3.05) is 0 Å². The lowest BCUT2D eigenvalue weighted by atomic mass is 9.98. The summed E-state index contributed by atoms with van der Waals surface area (Å²) in [5.74, 6) is 0. The molecule has 4 aromatic rings. The predicted molar refractivity (Wildman–Crippen MR) is 94.1 cm³/mol. The van der Waals surface area contributed by atoms with Crippen LogP contribution in [0.4, 0.5) is 0 Å². The number of aromatic nitrogens is 3. The van der Waals surface area contributed by atoms with E-state index >= 15 is 0 Å². The number of pyridine rings is 1. The molecule has 0 radical (unpaired) electrons. The van der Waals surface area contributed by atoms with Gasteiger partial charge in [0.1, 0.15) is 0 Å². The fourth-order valence-corrected chi connectivity index (χ4v) is 2.97. The van der Waals surface area contributed by atoms with Crippen LogP contribution in [0.2, 0.25) is 0 Å². The fourth-order valence-electron chi connectivity index (χ4n) is 2.97. The Morgan fingerprint density at radius 2 is 1.83 bits per heavy atom. The molecule has 3 nitrogen and oxygen atoms in total. The minimum atomic E-state index is 1.01. The largest absolute Gasteiger partial charge is 0.268 e. The molecule has 2 heterocycles.